The SMILES string of the molecule is CC(C)c1ccc(-c2ccc(CN)cc2)c(C(C)C)c1. The van der Waals surface area contributed by atoms with E-state index in [4.69, 9.17) is 5.73 Å². The first-order valence-corrected chi connectivity index (χ1v) is 7.46. The Hall–Kier alpha value is -1.60. The van der Waals surface area contributed by atoms with Crippen molar-refractivity contribution in [2.45, 2.75) is 46.1 Å². The minimum absolute atomic E-state index is 0.526. The number of rotatable bonds is 4. The van der Waals surface area contributed by atoms with Gasteiger partial charge in [0.1, 0.15) is 0 Å². The summed E-state index contributed by atoms with van der Waals surface area (Å²) < 4.78 is 0. The molecule has 0 aliphatic heterocycles. The molecule has 0 saturated heterocycles. The summed E-state index contributed by atoms with van der Waals surface area (Å²) in [6, 6.07) is 15.5. The van der Waals surface area contributed by atoms with Gasteiger partial charge < -0.3 is 5.73 Å². The third-order valence-corrected chi connectivity index (χ3v) is 3.86. The van der Waals surface area contributed by atoms with Gasteiger partial charge in [0.25, 0.3) is 0 Å². The number of hydrogen-bond donors (Lipinski definition) is 1. The Labute approximate surface area is 122 Å². The summed E-state index contributed by atoms with van der Waals surface area (Å²) in [6.07, 6.45) is 0. The van der Waals surface area contributed by atoms with Crippen LogP contribution in [0, 0.1) is 0 Å². The van der Waals surface area contributed by atoms with Crippen LogP contribution in [0.2, 0.25) is 0 Å². The Balaban J connectivity index is 2.49. The first-order chi connectivity index (χ1) is 9.52. The molecule has 0 spiro atoms. The lowest BCUT2D eigenvalue weighted by atomic mass is 9.88. The molecule has 0 unspecified atom stereocenters. The smallest absolute Gasteiger partial charge is 0.0178 e. The van der Waals surface area contributed by atoms with E-state index < -0.39 is 0 Å². The monoisotopic (exact) mass is 267 g/mol. The first-order valence-electron chi connectivity index (χ1n) is 7.46. The molecule has 2 N–H and O–H groups in total. The van der Waals surface area contributed by atoms with Crippen LogP contribution in [0.5, 0.6) is 0 Å². The summed E-state index contributed by atoms with van der Waals surface area (Å²) >= 11 is 0. The summed E-state index contributed by atoms with van der Waals surface area (Å²) in [5, 5.41) is 0. The highest BCUT2D eigenvalue weighted by Gasteiger charge is 2.11. The maximum atomic E-state index is 5.67. The lowest BCUT2D eigenvalue weighted by Gasteiger charge is -2.17. The highest BCUT2D eigenvalue weighted by Crippen LogP contribution is 2.32. The van der Waals surface area contributed by atoms with E-state index in [0.717, 1.165) is 0 Å². The molecule has 20 heavy (non-hydrogen) atoms. The van der Waals surface area contributed by atoms with Gasteiger partial charge in [-0.3, -0.25) is 0 Å². The van der Waals surface area contributed by atoms with Crippen LogP contribution in [0.25, 0.3) is 11.1 Å². The van der Waals surface area contributed by atoms with E-state index in [2.05, 4.69) is 70.2 Å². The molecule has 2 rings (SSSR count). The summed E-state index contributed by atoms with van der Waals surface area (Å²) in [6.45, 7) is 9.61. The molecule has 2 aromatic carbocycles. The molecule has 0 heterocycles. The Morgan fingerprint density at radius 2 is 1.50 bits per heavy atom. The Morgan fingerprint density at radius 1 is 0.850 bits per heavy atom. The Morgan fingerprint density at radius 3 is 2.00 bits per heavy atom. The zero-order chi connectivity index (χ0) is 14.7. The molecule has 0 fully saturated rings. The number of nitrogens with two attached hydrogens (primary N) is 1. The van der Waals surface area contributed by atoms with Crippen LogP contribution in [0.3, 0.4) is 0 Å². The zero-order valence-electron chi connectivity index (χ0n) is 13.0. The van der Waals surface area contributed by atoms with Gasteiger partial charge in [0, 0.05) is 6.54 Å². The van der Waals surface area contributed by atoms with Crippen molar-refractivity contribution >= 4 is 0 Å². The van der Waals surface area contributed by atoms with Crippen LogP contribution in [0.15, 0.2) is 42.5 Å². The predicted octanol–water partition coefficient (Wildman–Crippen LogP) is 5.06. The van der Waals surface area contributed by atoms with E-state index in [1.807, 2.05) is 0 Å². The fraction of sp³-hybridized carbons (Fsp3) is 0.368. The van der Waals surface area contributed by atoms with Gasteiger partial charge in [-0.05, 0) is 39.7 Å². The predicted molar refractivity (Wildman–Crippen MR) is 87.9 cm³/mol. The van der Waals surface area contributed by atoms with Crippen molar-refractivity contribution in [2.24, 2.45) is 5.73 Å². The molecule has 0 bridgehead atoms. The first kappa shape index (κ1) is 14.8. The van der Waals surface area contributed by atoms with Crippen molar-refractivity contribution in [2.75, 3.05) is 0 Å². The van der Waals surface area contributed by atoms with Crippen LogP contribution in [0.4, 0.5) is 0 Å². The molecule has 106 valence electrons. The lowest BCUT2D eigenvalue weighted by Crippen LogP contribution is -1.98. The van der Waals surface area contributed by atoms with Gasteiger partial charge in [-0.2, -0.15) is 0 Å². The van der Waals surface area contributed by atoms with Gasteiger partial charge in [-0.15, -0.1) is 0 Å². The molecule has 0 amide bonds. The van der Waals surface area contributed by atoms with Crippen molar-refractivity contribution in [1.82, 2.24) is 0 Å². The Kier molecular flexibility index (Phi) is 4.61. The average molecular weight is 267 g/mol. The van der Waals surface area contributed by atoms with Crippen molar-refractivity contribution in [3.63, 3.8) is 0 Å². The van der Waals surface area contributed by atoms with Crippen LogP contribution >= 0.6 is 0 Å². The van der Waals surface area contributed by atoms with Gasteiger partial charge in [-0.25, -0.2) is 0 Å². The molecule has 0 aliphatic carbocycles. The minimum Gasteiger partial charge on any atom is -0.326 e. The maximum Gasteiger partial charge on any atom is 0.0178 e. The molecular weight excluding hydrogens is 242 g/mol. The second-order valence-corrected chi connectivity index (χ2v) is 6.06. The van der Waals surface area contributed by atoms with E-state index in [-0.39, 0.29) is 0 Å². The van der Waals surface area contributed by atoms with Gasteiger partial charge in [0.05, 0.1) is 0 Å². The summed E-state index contributed by atoms with van der Waals surface area (Å²) in [7, 11) is 0. The van der Waals surface area contributed by atoms with E-state index in [1.165, 1.54) is 27.8 Å². The van der Waals surface area contributed by atoms with Crippen LogP contribution in [-0.2, 0) is 6.54 Å². The van der Waals surface area contributed by atoms with Crippen LogP contribution in [-0.4, -0.2) is 0 Å². The van der Waals surface area contributed by atoms with Crippen molar-refractivity contribution < 1.29 is 0 Å². The van der Waals surface area contributed by atoms with Gasteiger partial charge in [0.15, 0.2) is 0 Å². The summed E-state index contributed by atoms with van der Waals surface area (Å²) in [5.74, 6) is 1.10. The summed E-state index contributed by atoms with van der Waals surface area (Å²) in [5.41, 5.74) is 12.3. The van der Waals surface area contributed by atoms with Crippen molar-refractivity contribution in [1.29, 1.82) is 0 Å². The molecule has 0 radical (unpaired) electrons. The summed E-state index contributed by atoms with van der Waals surface area (Å²) in [4.78, 5) is 0. The molecule has 1 nitrogen and oxygen atoms in total. The van der Waals surface area contributed by atoms with E-state index >= 15 is 0 Å². The van der Waals surface area contributed by atoms with Gasteiger partial charge in [-0.1, -0.05) is 70.2 Å². The van der Waals surface area contributed by atoms with Crippen LogP contribution in [0.1, 0.15) is 56.2 Å². The second kappa shape index (κ2) is 6.23. The fourth-order valence-electron chi connectivity index (χ4n) is 2.50. The normalized spacial score (nSPS) is 11.3. The molecule has 2 aromatic rings. The highest BCUT2D eigenvalue weighted by atomic mass is 14.5. The lowest BCUT2D eigenvalue weighted by molar-refractivity contribution is 0.835. The molecule has 1 heteroatoms. The van der Waals surface area contributed by atoms with Crippen molar-refractivity contribution in [3.8, 4) is 11.1 Å². The van der Waals surface area contributed by atoms with Crippen LogP contribution < -0.4 is 5.73 Å². The average Bonchev–Trinajstić information content (AvgIpc) is 2.46. The molecular formula is C19H25N. The van der Waals surface area contributed by atoms with E-state index in [1.54, 1.807) is 0 Å². The van der Waals surface area contributed by atoms with Gasteiger partial charge in [0.2, 0.25) is 0 Å². The van der Waals surface area contributed by atoms with E-state index in [9.17, 15) is 0 Å². The van der Waals surface area contributed by atoms with E-state index in [0.29, 0.717) is 18.4 Å². The van der Waals surface area contributed by atoms with Gasteiger partial charge >= 0.3 is 0 Å². The van der Waals surface area contributed by atoms with Crippen molar-refractivity contribution in [3.05, 3.63) is 59.2 Å². The highest BCUT2D eigenvalue weighted by molar-refractivity contribution is 5.69. The second-order valence-electron chi connectivity index (χ2n) is 6.06. The molecule has 0 aromatic heterocycles. The number of hydrogen-bond acceptors (Lipinski definition) is 1. The zero-order valence-corrected chi connectivity index (χ0v) is 13.0. The standard InChI is InChI=1S/C19H25N/c1-13(2)17-9-10-18(19(11-17)14(3)4)16-7-5-15(12-20)6-8-16/h5-11,13-14H,12,20H2,1-4H3. The molecule has 0 atom stereocenters. The Bertz CT molecular complexity index is 565. The third-order valence-electron chi connectivity index (χ3n) is 3.86. The largest absolute Gasteiger partial charge is 0.326 e. The molecule has 0 saturated carbocycles. The third kappa shape index (κ3) is 3.10. The fourth-order valence-corrected chi connectivity index (χ4v) is 2.50. The minimum atomic E-state index is 0.526. The maximum absolute atomic E-state index is 5.67. The number of benzene rings is 2. The quantitative estimate of drug-likeness (QED) is 0.823. The molecule has 0 aliphatic rings. The topological polar surface area (TPSA) is 26.0 Å².